The van der Waals surface area contributed by atoms with Gasteiger partial charge in [-0.15, -0.1) is 0 Å². The molecule has 2 nitrogen and oxygen atoms in total. The molecular formula is C15H10BrF3N2. The smallest absolute Gasteiger partial charge is 0.338 e. The second-order valence-corrected chi connectivity index (χ2v) is 5.69. The van der Waals surface area contributed by atoms with E-state index in [9.17, 15) is 13.2 Å². The lowest BCUT2D eigenvalue weighted by atomic mass is 10.1. The zero-order valence-corrected chi connectivity index (χ0v) is 12.5. The Morgan fingerprint density at radius 2 is 1.86 bits per heavy atom. The van der Waals surface area contributed by atoms with E-state index in [0.717, 1.165) is 27.7 Å². The Morgan fingerprint density at radius 3 is 2.57 bits per heavy atom. The van der Waals surface area contributed by atoms with Crippen LogP contribution in [0.2, 0.25) is 0 Å². The average molecular weight is 355 g/mol. The van der Waals surface area contributed by atoms with Crippen LogP contribution in [-0.2, 0) is 6.18 Å². The highest BCUT2D eigenvalue weighted by Gasteiger charge is 2.30. The Kier molecular flexibility index (Phi) is 3.28. The number of halogens is 4. The van der Waals surface area contributed by atoms with Gasteiger partial charge in [0.25, 0.3) is 0 Å². The van der Waals surface area contributed by atoms with Crippen molar-refractivity contribution in [3.8, 4) is 11.4 Å². The molecule has 1 aromatic heterocycles. The number of benzene rings is 2. The molecule has 0 aliphatic carbocycles. The van der Waals surface area contributed by atoms with Gasteiger partial charge in [0.2, 0.25) is 0 Å². The third-order valence-corrected chi connectivity index (χ3v) is 3.76. The second-order valence-electron chi connectivity index (χ2n) is 4.77. The maximum absolute atomic E-state index is 12.7. The zero-order valence-electron chi connectivity index (χ0n) is 10.9. The number of aromatic amines is 1. The lowest BCUT2D eigenvalue weighted by Gasteiger charge is -2.05. The van der Waals surface area contributed by atoms with Crippen LogP contribution in [-0.4, -0.2) is 9.97 Å². The van der Waals surface area contributed by atoms with Gasteiger partial charge in [0.1, 0.15) is 5.82 Å². The van der Waals surface area contributed by atoms with Crippen molar-refractivity contribution in [3.63, 3.8) is 0 Å². The summed E-state index contributed by atoms with van der Waals surface area (Å²) in [6.45, 7) is 1.93. The molecule has 0 amide bonds. The molecule has 108 valence electrons. The molecule has 1 heterocycles. The minimum Gasteiger partial charge on any atom is -0.338 e. The average Bonchev–Trinajstić information content (AvgIpc) is 2.83. The Hall–Kier alpha value is -1.82. The summed E-state index contributed by atoms with van der Waals surface area (Å²) < 4.78 is 39.1. The van der Waals surface area contributed by atoms with Crippen LogP contribution < -0.4 is 0 Å². The van der Waals surface area contributed by atoms with Gasteiger partial charge in [0.05, 0.1) is 16.6 Å². The van der Waals surface area contributed by atoms with Crippen LogP contribution in [0.1, 0.15) is 11.1 Å². The van der Waals surface area contributed by atoms with E-state index in [-0.39, 0.29) is 0 Å². The normalized spacial score (nSPS) is 12.0. The van der Waals surface area contributed by atoms with E-state index in [2.05, 4.69) is 25.9 Å². The fourth-order valence-electron chi connectivity index (χ4n) is 2.16. The van der Waals surface area contributed by atoms with Crippen LogP contribution in [0, 0.1) is 6.92 Å². The highest BCUT2D eigenvalue weighted by atomic mass is 79.9. The van der Waals surface area contributed by atoms with Crippen molar-refractivity contribution in [1.82, 2.24) is 9.97 Å². The summed E-state index contributed by atoms with van der Waals surface area (Å²) in [5.41, 5.74) is 2.05. The number of alkyl halides is 3. The number of imidazole rings is 1. The molecule has 0 saturated carbocycles. The molecule has 3 rings (SSSR count). The third-order valence-electron chi connectivity index (χ3n) is 3.26. The summed E-state index contributed by atoms with van der Waals surface area (Å²) in [4.78, 5) is 7.32. The molecule has 0 unspecified atom stereocenters. The van der Waals surface area contributed by atoms with Gasteiger partial charge in [-0.1, -0.05) is 22.0 Å². The highest BCUT2D eigenvalue weighted by Crippen LogP contribution is 2.32. The van der Waals surface area contributed by atoms with E-state index in [1.807, 2.05) is 25.1 Å². The van der Waals surface area contributed by atoms with Gasteiger partial charge >= 0.3 is 6.18 Å². The predicted molar refractivity (Wildman–Crippen MR) is 79.0 cm³/mol. The van der Waals surface area contributed by atoms with Crippen molar-refractivity contribution in [2.24, 2.45) is 0 Å². The molecule has 0 saturated heterocycles. The standard InChI is InChI=1S/C15H10BrF3N2/c1-8-2-4-10(16)7-11(8)14-20-12-5-3-9(15(17,18)19)6-13(12)21-14/h2-7H,1H3,(H,20,21). The molecule has 0 aliphatic heterocycles. The maximum Gasteiger partial charge on any atom is 0.416 e. The van der Waals surface area contributed by atoms with E-state index < -0.39 is 11.7 Å². The zero-order chi connectivity index (χ0) is 15.2. The molecular weight excluding hydrogens is 345 g/mol. The van der Waals surface area contributed by atoms with Crippen LogP contribution in [0.5, 0.6) is 0 Å². The molecule has 0 radical (unpaired) electrons. The van der Waals surface area contributed by atoms with Crippen LogP contribution in [0.4, 0.5) is 13.2 Å². The van der Waals surface area contributed by atoms with Crippen LogP contribution in [0.15, 0.2) is 40.9 Å². The van der Waals surface area contributed by atoms with Gasteiger partial charge in [-0.05, 0) is 42.8 Å². The summed E-state index contributed by atoms with van der Waals surface area (Å²) in [5, 5.41) is 0. The topological polar surface area (TPSA) is 28.7 Å². The van der Waals surface area contributed by atoms with Gasteiger partial charge in [-0.2, -0.15) is 13.2 Å². The van der Waals surface area contributed by atoms with Crippen molar-refractivity contribution >= 4 is 27.0 Å². The van der Waals surface area contributed by atoms with Gasteiger partial charge in [-0.25, -0.2) is 4.98 Å². The van der Waals surface area contributed by atoms with E-state index in [0.29, 0.717) is 16.9 Å². The SMILES string of the molecule is Cc1ccc(Br)cc1-c1nc2ccc(C(F)(F)F)cc2[nH]1. The molecule has 0 bridgehead atoms. The first-order chi connectivity index (χ1) is 9.84. The second kappa shape index (κ2) is 4.87. The quantitative estimate of drug-likeness (QED) is 0.629. The Bertz CT molecular complexity index is 821. The molecule has 2 aromatic carbocycles. The molecule has 0 aliphatic rings. The number of fused-ring (bicyclic) bond motifs is 1. The summed E-state index contributed by atoms with van der Waals surface area (Å²) in [6, 6.07) is 9.22. The summed E-state index contributed by atoms with van der Waals surface area (Å²) in [6.07, 6.45) is -4.36. The van der Waals surface area contributed by atoms with E-state index in [1.54, 1.807) is 0 Å². The Morgan fingerprint density at radius 1 is 1.10 bits per heavy atom. The molecule has 1 N–H and O–H groups in total. The monoisotopic (exact) mass is 354 g/mol. The molecule has 3 aromatic rings. The fourth-order valence-corrected chi connectivity index (χ4v) is 2.52. The number of nitrogens with zero attached hydrogens (tertiary/aromatic N) is 1. The number of hydrogen-bond donors (Lipinski definition) is 1. The maximum atomic E-state index is 12.7. The Balaban J connectivity index is 2.15. The largest absolute Gasteiger partial charge is 0.416 e. The van der Waals surface area contributed by atoms with Gasteiger partial charge < -0.3 is 4.98 Å². The first-order valence-corrected chi connectivity index (χ1v) is 6.97. The van der Waals surface area contributed by atoms with Crippen molar-refractivity contribution in [2.45, 2.75) is 13.1 Å². The van der Waals surface area contributed by atoms with E-state index >= 15 is 0 Å². The molecule has 0 atom stereocenters. The van der Waals surface area contributed by atoms with Crippen molar-refractivity contribution in [3.05, 3.63) is 52.0 Å². The number of hydrogen-bond acceptors (Lipinski definition) is 1. The molecule has 0 fully saturated rings. The number of rotatable bonds is 1. The van der Waals surface area contributed by atoms with Gasteiger partial charge in [0, 0.05) is 10.0 Å². The predicted octanol–water partition coefficient (Wildman–Crippen LogP) is 5.32. The number of H-pyrrole nitrogens is 1. The van der Waals surface area contributed by atoms with Crippen molar-refractivity contribution in [1.29, 1.82) is 0 Å². The highest BCUT2D eigenvalue weighted by molar-refractivity contribution is 9.10. The number of aromatic nitrogens is 2. The number of aryl methyl sites for hydroxylation is 1. The first-order valence-electron chi connectivity index (χ1n) is 6.18. The first kappa shape index (κ1) is 14.1. The molecule has 21 heavy (non-hydrogen) atoms. The summed E-state index contributed by atoms with van der Waals surface area (Å²) in [5.74, 6) is 0.558. The lowest BCUT2D eigenvalue weighted by molar-refractivity contribution is -0.137. The van der Waals surface area contributed by atoms with Crippen LogP contribution in [0.25, 0.3) is 22.4 Å². The molecule has 0 spiro atoms. The minimum atomic E-state index is -4.36. The number of nitrogens with one attached hydrogen (secondary N) is 1. The minimum absolute atomic E-state index is 0.374. The van der Waals surface area contributed by atoms with E-state index in [1.165, 1.54) is 6.07 Å². The van der Waals surface area contributed by atoms with Crippen LogP contribution >= 0.6 is 15.9 Å². The van der Waals surface area contributed by atoms with Gasteiger partial charge in [-0.3, -0.25) is 0 Å². The Labute approximate surface area is 127 Å². The molecule has 6 heteroatoms. The van der Waals surface area contributed by atoms with Gasteiger partial charge in [0.15, 0.2) is 0 Å². The third kappa shape index (κ3) is 2.68. The lowest BCUT2D eigenvalue weighted by Crippen LogP contribution is -2.04. The van der Waals surface area contributed by atoms with Crippen molar-refractivity contribution < 1.29 is 13.2 Å². The van der Waals surface area contributed by atoms with E-state index in [4.69, 9.17) is 0 Å². The fraction of sp³-hybridized carbons (Fsp3) is 0.133. The van der Waals surface area contributed by atoms with Crippen LogP contribution in [0.3, 0.4) is 0 Å². The summed E-state index contributed by atoms with van der Waals surface area (Å²) >= 11 is 3.38. The summed E-state index contributed by atoms with van der Waals surface area (Å²) in [7, 11) is 0. The van der Waals surface area contributed by atoms with Crippen molar-refractivity contribution in [2.75, 3.05) is 0 Å².